The molecule has 1 atom stereocenters. The molecule has 0 aliphatic carbocycles. The molecular weight excluding hydrogens is 274 g/mol. The third-order valence-electron chi connectivity index (χ3n) is 3.01. The number of aliphatic carboxylic acids is 1. The Morgan fingerprint density at radius 3 is 2.45 bits per heavy atom. The van der Waals surface area contributed by atoms with Gasteiger partial charge in [-0.25, -0.2) is 0 Å². The highest BCUT2D eigenvalue weighted by Gasteiger charge is 2.32. The Kier molecular flexibility index (Phi) is 6.36. The lowest BCUT2D eigenvalue weighted by atomic mass is 9.98. The van der Waals surface area contributed by atoms with E-state index in [0.29, 0.717) is 6.42 Å². The summed E-state index contributed by atoms with van der Waals surface area (Å²) < 4.78 is 5.11. The SMILES string of the molecule is COc1ccc(SCCC(C)(NC(C)C)C(=O)O)cc1. The Morgan fingerprint density at radius 1 is 1.40 bits per heavy atom. The maximum Gasteiger partial charge on any atom is 0.323 e. The van der Waals surface area contributed by atoms with Gasteiger partial charge in [0.2, 0.25) is 0 Å². The number of hydrogen-bond donors (Lipinski definition) is 2. The first-order valence-corrected chi connectivity index (χ1v) is 7.64. The summed E-state index contributed by atoms with van der Waals surface area (Å²) in [5.41, 5.74) is -0.881. The molecule has 0 saturated carbocycles. The number of benzene rings is 1. The van der Waals surface area contributed by atoms with Crippen molar-refractivity contribution >= 4 is 17.7 Å². The molecule has 0 amide bonds. The van der Waals surface area contributed by atoms with Crippen LogP contribution in [-0.2, 0) is 4.79 Å². The molecule has 0 heterocycles. The Balaban J connectivity index is 2.53. The van der Waals surface area contributed by atoms with Crippen LogP contribution in [0.25, 0.3) is 0 Å². The van der Waals surface area contributed by atoms with Gasteiger partial charge in [-0.2, -0.15) is 0 Å². The van der Waals surface area contributed by atoms with Gasteiger partial charge in [0.15, 0.2) is 0 Å². The van der Waals surface area contributed by atoms with Crippen LogP contribution in [0.15, 0.2) is 29.2 Å². The van der Waals surface area contributed by atoms with Gasteiger partial charge in [0.1, 0.15) is 11.3 Å². The summed E-state index contributed by atoms with van der Waals surface area (Å²) in [5, 5.41) is 12.5. The van der Waals surface area contributed by atoms with E-state index < -0.39 is 11.5 Å². The molecule has 4 nitrogen and oxygen atoms in total. The Labute approximate surface area is 124 Å². The van der Waals surface area contributed by atoms with Crippen molar-refractivity contribution in [3.05, 3.63) is 24.3 Å². The molecule has 1 aromatic carbocycles. The smallest absolute Gasteiger partial charge is 0.323 e. The molecule has 5 heteroatoms. The highest BCUT2D eigenvalue weighted by molar-refractivity contribution is 7.99. The summed E-state index contributed by atoms with van der Waals surface area (Å²) in [6.45, 7) is 5.65. The average Bonchev–Trinajstić information content (AvgIpc) is 2.38. The van der Waals surface area contributed by atoms with Crippen LogP contribution in [0, 0.1) is 0 Å². The molecule has 20 heavy (non-hydrogen) atoms. The second kappa shape index (κ2) is 7.55. The third kappa shape index (κ3) is 5.06. The molecule has 0 saturated heterocycles. The summed E-state index contributed by atoms with van der Waals surface area (Å²) in [6.07, 6.45) is 0.567. The minimum Gasteiger partial charge on any atom is -0.497 e. The van der Waals surface area contributed by atoms with Gasteiger partial charge in [0.05, 0.1) is 7.11 Å². The number of carbonyl (C=O) groups is 1. The van der Waals surface area contributed by atoms with E-state index in [4.69, 9.17) is 4.74 Å². The van der Waals surface area contributed by atoms with Gasteiger partial charge >= 0.3 is 5.97 Å². The minimum absolute atomic E-state index is 0.141. The lowest BCUT2D eigenvalue weighted by Gasteiger charge is -2.28. The van der Waals surface area contributed by atoms with Gasteiger partial charge < -0.3 is 9.84 Å². The number of carboxylic acid groups (broad SMARTS) is 1. The van der Waals surface area contributed by atoms with E-state index >= 15 is 0 Å². The molecule has 0 aliphatic rings. The Morgan fingerprint density at radius 2 is 2.00 bits per heavy atom. The van der Waals surface area contributed by atoms with Gasteiger partial charge in [-0.1, -0.05) is 0 Å². The summed E-state index contributed by atoms with van der Waals surface area (Å²) >= 11 is 1.65. The molecule has 1 rings (SSSR count). The number of carboxylic acids is 1. The highest BCUT2D eigenvalue weighted by Crippen LogP contribution is 2.24. The maximum absolute atomic E-state index is 11.4. The summed E-state index contributed by atoms with van der Waals surface area (Å²) in [6, 6.07) is 7.92. The standard InChI is InChI=1S/C15H23NO3S/c1-11(2)16-15(3,14(17)18)9-10-20-13-7-5-12(19-4)6-8-13/h5-8,11,16H,9-10H2,1-4H3,(H,17,18). The van der Waals surface area contributed by atoms with Crippen molar-refractivity contribution in [2.45, 2.75) is 43.7 Å². The quantitative estimate of drug-likeness (QED) is 0.722. The van der Waals surface area contributed by atoms with E-state index in [1.807, 2.05) is 38.1 Å². The predicted molar refractivity (Wildman–Crippen MR) is 82.6 cm³/mol. The van der Waals surface area contributed by atoms with Crippen LogP contribution < -0.4 is 10.1 Å². The highest BCUT2D eigenvalue weighted by atomic mass is 32.2. The maximum atomic E-state index is 11.4. The molecular formula is C15H23NO3S. The number of nitrogens with one attached hydrogen (secondary N) is 1. The van der Waals surface area contributed by atoms with E-state index in [1.54, 1.807) is 25.8 Å². The molecule has 1 aromatic rings. The fourth-order valence-electron chi connectivity index (χ4n) is 1.92. The second-order valence-corrected chi connectivity index (χ2v) is 6.38. The number of ether oxygens (including phenoxy) is 1. The van der Waals surface area contributed by atoms with Crippen molar-refractivity contribution in [1.82, 2.24) is 5.32 Å². The predicted octanol–water partition coefficient (Wildman–Crippen LogP) is 3.02. The van der Waals surface area contributed by atoms with E-state index in [9.17, 15) is 9.90 Å². The Bertz CT molecular complexity index is 433. The van der Waals surface area contributed by atoms with Crippen LogP contribution in [0.5, 0.6) is 5.75 Å². The molecule has 1 unspecified atom stereocenters. The lowest BCUT2D eigenvalue weighted by Crippen LogP contribution is -2.52. The first-order chi connectivity index (χ1) is 9.37. The largest absolute Gasteiger partial charge is 0.497 e. The molecule has 0 aliphatic heterocycles. The van der Waals surface area contributed by atoms with Gasteiger partial charge in [-0.05, 0) is 51.5 Å². The minimum atomic E-state index is -0.881. The van der Waals surface area contributed by atoms with Gasteiger partial charge in [0.25, 0.3) is 0 Å². The first-order valence-electron chi connectivity index (χ1n) is 6.65. The molecule has 0 bridgehead atoms. The first kappa shape index (κ1) is 16.9. The van der Waals surface area contributed by atoms with Crippen LogP contribution in [0.1, 0.15) is 27.2 Å². The lowest BCUT2D eigenvalue weighted by molar-refractivity contribution is -0.144. The van der Waals surface area contributed by atoms with E-state index in [-0.39, 0.29) is 6.04 Å². The van der Waals surface area contributed by atoms with Gasteiger partial charge in [-0.3, -0.25) is 10.1 Å². The Hall–Kier alpha value is -1.20. The summed E-state index contributed by atoms with van der Waals surface area (Å²) in [7, 11) is 1.64. The summed E-state index contributed by atoms with van der Waals surface area (Å²) in [4.78, 5) is 12.5. The zero-order chi connectivity index (χ0) is 15.2. The van der Waals surface area contributed by atoms with Crippen LogP contribution in [0.3, 0.4) is 0 Å². The van der Waals surface area contributed by atoms with Crippen LogP contribution in [-0.4, -0.2) is 35.5 Å². The molecule has 0 fully saturated rings. The van der Waals surface area contributed by atoms with Crippen LogP contribution >= 0.6 is 11.8 Å². The zero-order valence-electron chi connectivity index (χ0n) is 12.5. The molecule has 0 aromatic heterocycles. The van der Waals surface area contributed by atoms with Crippen LogP contribution in [0.4, 0.5) is 0 Å². The fourth-order valence-corrected chi connectivity index (χ4v) is 3.00. The van der Waals surface area contributed by atoms with Crippen molar-refractivity contribution < 1.29 is 14.6 Å². The van der Waals surface area contributed by atoms with E-state index in [0.717, 1.165) is 16.4 Å². The fraction of sp³-hybridized carbons (Fsp3) is 0.533. The number of hydrogen-bond acceptors (Lipinski definition) is 4. The van der Waals surface area contributed by atoms with Gasteiger partial charge in [-0.15, -0.1) is 11.8 Å². The van der Waals surface area contributed by atoms with Gasteiger partial charge in [0, 0.05) is 16.7 Å². The van der Waals surface area contributed by atoms with E-state index in [2.05, 4.69) is 5.32 Å². The van der Waals surface area contributed by atoms with Crippen molar-refractivity contribution in [2.24, 2.45) is 0 Å². The average molecular weight is 297 g/mol. The van der Waals surface area contributed by atoms with Crippen molar-refractivity contribution in [2.75, 3.05) is 12.9 Å². The van der Waals surface area contributed by atoms with Crippen molar-refractivity contribution in [1.29, 1.82) is 0 Å². The third-order valence-corrected chi connectivity index (χ3v) is 4.02. The van der Waals surface area contributed by atoms with E-state index in [1.165, 1.54) is 0 Å². The molecule has 0 radical (unpaired) electrons. The normalized spacial score (nSPS) is 14.1. The molecule has 112 valence electrons. The zero-order valence-corrected chi connectivity index (χ0v) is 13.3. The molecule has 2 N–H and O–H groups in total. The number of thioether (sulfide) groups is 1. The number of rotatable bonds is 8. The number of methoxy groups -OCH3 is 1. The van der Waals surface area contributed by atoms with Crippen molar-refractivity contribution in [3.8, 4) is 5.75 Å². The van der Waals surface area contributed by atoms with Crippen LogP contribution in [0.2, 0.25) is 0 Å². The topological polar surface area (TPSA) is 58.6 Å². The van der Waals surface area contributed by atoms with Crippen molar-refractivity contribution in [3.63, 3.8) is 0 Å². The summed E-state index contributed by atoms with van der Waals surface area (Å²) in [5.74, 6) is 0.766. The monoisotopic (exact) mass is 297 g/mol. The molecule has 0 spiro atoms. The second-order valence-electron chi connectivity index (χ2n) is 5.21.